The molecule has 2 aromatic carbocycles. The van der Waals surface area contributed by atoms with Crippen molar-refractivity contribution in [2.24, 2.45) is 5.41 Å². The third-order valence-electron chi connectivity index (χ3n) is 5.53. The molecular weight excluding hydrogens is 460 g/mol. The van der Waals surface area contributed by atoms with Crippen molar-refractivity contribution in [3.8, 4) is 17.0 Å². The van der Waals surface area contributed by atoms with Crippen LogP contribution in [0, 0.1) is 5.41 Å². The lowest BCUT2D eigenvalue weighted by atomic mass is 9.82. The number of hydrogen-bond acceptors (Lipinski definition) is 6. The molecule has 0 fully saturated rings. The van der Waals surface area contributed by atoms with Gasteiger partial charge in [0.1, 0.15) is 0 Å². The van der Waals surface area contributed by atoms with Crippen molar-refractivity contribution in [2.75, 3.05) is 20.8 Å². The maximum absolute atomic E-state index is 12.8. The Hall–Kier alpha value is -3.36. The quantitative estimate of drug-likeness (QED) is 0.411. The average molecular weight is 487 g/mol. The van der Waals surface area contributed by atoms with Gasteiger partial charge in [-0.1, -0.05) is 48.0 Å². The van der Waals surface area contributed by atoms with Gasteiger partial charge in [-0.3, -0.25) is 9.59 Å². The zero-order valence-electron chi connectivity index (χ0n) is 19.2. The van der Waals surface area contributed by atoms with Gasteiger partial charge in [0, 0.05) is 18.2 Å². The fraction of sp³-hybridized carbons (Fsp3) is 0.320. The van der Waals surface area contributed by atoms with Crippen molar-refractivity contribution in [1.29, 1.82) is 0 Å². The number of benzene rings is 2. The van der Waals surface area contributed by atoms with Crippen LogP contribution in [-0.4, -0.2) is 49.0 Å². The van der Waals surface area contributed by atoms with E-state index in [-0.39, 0.29) is 24.7 Å². The van der Waals surface area contributed by atoms with Gasteiger partial charge < -0.3 is 24.4 Å². The fourth-order valence-corrected chi connectivity index (χ4v) is 3.94. The van der Waals surface area contributed by atoms with Crippen LogP contribution in [0.1, 0.15) is 29.5 Å². The average Bonchev–Trinajstić information content (AvgIpc) is 3.29. The molecule has 1 amide bonds. The van der Waals surface area contributed by atoms with Crippen LogP contribution in [0.25, 0.3) is 11.1 Å². The summed E-state index contributed by atoms with van der Waals surface area (Å²) in [5.41, 5.74) is 1.71. The van der Waals surface area contributed by atoms with Crippen LogP contribution in [0.15, 0.2) is 59.1 Å². The first-order valence-corrected chi connectivity index (χ1v) is 11.0. The van der Waals surface area contributed by atoms with E-state index in [1.54, 1.807) is 6.92 Å². The molecule has 0 saturated carbocycles. The number of carboxylic acids is 1. The summed E-state index contributed by atoms with van der Waals surface area (Å²) in [6, 6.07) is 16.2. The van der Waals surface area contributed by atoms with Gasteiger partial charge in [-0.2, -0.15) is 0 Å². The number of nitrogens with one attached hydrogen (secondary N) is 1. The van der Waals surface area contributed by atoms with Crippen molar-refractivity contribution < 1.29 is 28.7 Å². The van der Waals surface area contributed by atoms with E-state index in [1.165, 1.54) is 20.3 Å². The first-order valence-electron chi connectivity index (χ1n) is 10.6. The smallest absolute Gasteiger partial charge is 0.311 e. The minimum atomic E-state index is -1.20. The summed E-state index contributed by atoms with van der Waals surface area (Å²) in [7, 11) is 2.86. The Kier molecular flexibility index (Phi) is 8.31. The monoisotopic (exact) mass is 486 g/mol. The summed E-state index contributed by atoms with van der Waals surface area (Å²) >= 11 is 6.10. The molecule has 0 saturated heterocycles. The lowest BCUT2D eigenvalue weighted by Gasteiger charge is -2.29. The second kappa shape index (κ2) is 11.2. The Morgan fingerprint density at radius 2 is 1.88 bits per heavy atom. The molecule has 2 unspecified atom stereocenters. The molecule has 1 aromatic heterocycles. The first-order chi connectivity index (χ1) is 16.2. The van der Waals surface area contributed by atoms with E-state index in [2.05, 4.69) is 10.5 Å². The van der Waals surface area contributed by atoms with Crippen molar-refractivity contribution in [2.45, 2.75) is 25.8 Å². The van der Waals surface area contributed by atoms with E-state index in [0.717, 1.165) is 16.7 Å². The van der Waals surface area contributed by atoms with Gasteiger partial charge in [-0.15, -0.1) is 0 Å². The fourth-order valence-electron chi connectivity index (χ4n) is 3.75. The van der Waals surface area contributed by atoms with Gasteiger partial charge in [0.05, 0.1) is 25.2 Å². The van der Waals surface area contributed by atoms with Crippen LogP contribution in [0.2, 0.25) is 5.02 Å². The molecule has 0 aliphatic carbocycles. The lowest BCUT2D eigenvalue weighted by Crippen LogP contribution is -2.44. The summed E-state index contributed by atoms with van der Waals surface area (Å²) in [6.07, 6.45) is 0.544. The van der Waals surface area contributed by atoms with E-state index >= 15 is 0 Å². The number of ether oxygens (including phenoxy) is 2. The summed E-state index contributed by atoms with van der Waals surface area (Å²) in [4.78, 5) is 24.7. The van der Waals surface area contributed by atoms with Crippen LogP contribution in [-0.2, 0) is 16.0 Å². The van der Waals surface area contributed by atoms with Crippen LogP contribution >= 0.6 is 11.6 Å². The molecule has 3 aromatic rings. The van der Waals surface area contributed by atoms with Crippen LogP contribution in [0.3, 0.4) is 0 Å². The van der Waals surface area contributed by atoms with E-state index in [4.69, 9.17) is 25.6 Å². The predicted octanol–water partition coefficient (Wildman–Crippen LogP) is 4.47. The second-order valence-corrected chi connectivity index (χ2v) is 8.75. The molecule has 2 N–H and O–H groups in total. The van der Waals surface area contributed by atoms with E-state index in [9.17, 15) is 14.7 Å². The van der Waals surface area contributed by atoms with Gasteiger partial charge in [0.2, 0.25) is 5.76 Å². The number of aliphatic carboxylic acids is 1. The van der Waals surface area contributed by atoms with E-state index in [1.807, 2.05) is 48.5 Å². The molecule has 1 heterocycles. The van der Waals surface area contributed by atoms with E-state index in [0.29, 0.717) is 11.4 Å². The zero-order valence-corrected chi connectivity index (χ0v) is 20.0. The largest absolute Gasteiger partial charge is 0.481 e. The van der Waals surface area contributed by atoms with Crippen molar-refractivity contribution in [3.05, 3.63) is 70.9 Å². The van der Waals surface area contributed by atoms with Gasteiger partial charge in [-0.05, 0) is 53.7 Å². The predicted molar refractivity (Wildman–Crippen MR) is 127 cm³/mol. The van der Waals surface area contributed by atoms with Gasteiger partial charge >= 0.3 is 5.97 Å². The molecule has 0 radical (unpaired) electrons. The Bertz CT molecular complexity index is 1130. The van der Waals surface area contributed by atoms with Crippen molar-refractivity contribution in [1.82, 2.24) is 10.5 Å². The summed E-state index contributed by atoms with van der Waals surface area (Å²) in [5, 5.41) is 17.0. The number of rotatable bonds is 11. The molecular formula is C25H27ClN2O6. The standard InChI is InChI=1S/C25H27ClN2O6/c1-25(15-32-2,24(30)31)14-20(27-23(29)21-13-22(33-3)28-34-21)11-16-7-9-17(10-8-16)18-5-4-6-19(26)12-18/h4-10,12-13,20H,11,14-15H2,1-3H3,(H,27,29)(H,30,31). The highest BCUT2D eigenvalue weighted by molar-refractivity contribution is 6.30. The topological polar surface area (TPSA) is 111 Å². The molecule has 0 aliphatic heterocycles. The third kappa shape index (κ3) is 6.36. The number of amides is 1. The second-order valence-electron chi connectivity index (χ2n) is 8.32. The van der Waals surface area contributed by atoms with Crippen LogP contribution in [0.4, 0.5) is 0 Å². The molecule has 9 heteroatoms. The minimum absolute atomic E-state index is 0.00145. The highest BCUT2D eigenvalue weighted by Gasteiger charge is 2.37. The molecule has 3 rings (SSSR count). The zero-order chi connectivity index (χ0) is 24.7. The molecule has 0 bridgehead atoms. The summed E-state index contributed by atoms with van der Waals surface area (Å²) < 4.78 is 15.1. The highest BCUT2D eigenvalue weighted by Crippen LogP contribution is 2.27. The molecule has 180 valence electrons. The molecule has 8 nitrogen and oxygen atoms in total. The number of carboxylic acid groups (broad SMARTS) is 1. The SMILES string of the molecule is COCC(C)(CC(Cc1ccc(-c2cccc(Cl)c2)cc1)NC(=O)c1cc(OC)no1)C(=O)O. The number of carbonyl (C=O) groups is 2. The number of methoxy groups -OCH3 is 2. The molecule has 34 heavy (non-hydrogen) atoms. The van der Waals surface area contributed by atoms with Gasteiger partial charge in [0.15, 0.2) is 0 Å². The number of hydrogen-bond donors (Lipinski definition) is 2. The number of halogens is 1. The summed E-state index contributed by atoms with van der Waals surface area (Å²) in [6.45, 7) is 1.59. The minimum Gasteiger partial charge on any atom is -0.481 e. The Morgan fingerprint density at radius 1 is 1.15 bits per heavy atom. The Balaban J connectivity index is 1.82. The third-order valence-corrected chi connectivity index (χ3v) is 5.76. The lowest BCUT2D eigenvalue weighted by molar-refractivity contribution is -0.152. The number of nitrogens with zero attached hydrogens (tertiary/aromatic N) is 1. The number of aromatic nitrogens is 1. The highest BCUT2D eigenvalue weighted by atomic mass is 35.5. The maximum Gasteiger partial charge on any atom is 0.311 e. The normalized spacial score (nSPS) is 13.6. The Morgan fingerprint density at radius 3 is 2.47 bits per heavy atom. The molecule has 0 spiro atoms. The van der Waals surface area contributed by atoms with Gasteiger partial charge in [-0.25, -0.2) is 0 Å². The van der Waals surface area contributed by atoms with Crippen LogP contribution in [0.5, 0.6) is 5.88 Å². The van der Waals surface area contributed by atoms with Crippen LogP contribution < -0.4 is 10.1 Å². The van der Waals surface area contributed by atoms with Crippen molar-refractivity contribution in [3.63, 3.8) is 0 Å². The summed E-state index contributed by atoms with van der Waals surface area (Å²) in [5.74, 6) is -1.37. The van der Waals surface area contributed by atoms with Crippen molar-refractivity contribution >= 4 is 23.5 Å². The molecule has 0 aliphatic rings. The number of carbonyl (C=O) groups excluding carboxylic acids is 1. The Labute approximate surface area is 202 Å². The van der Waals surface area contributed by atoms with E-state index < -0.39 is 23.3 Å². The van der Waals surface area contributed by atoms with Gasteiger partial charge in [0.25, 0.3) is 11.8 Å². The maximum atomic E-state index is 12.8. The first kappa shape index (κ1) is 25.3. The molecule has 2 atom stereocenters.